The van der Waals surface area contributed by atoms with E-state index < -0.39 is 0 Å². The van der Waals surface area contributed by atoms with Gasteiger partial charge in [0.15, 0.2) is 0 Å². The Bertz CT molecular complexity index is 3930. The van der Waals surface area contributed by atoms with E-state index in [4.69, 9.17) is 4.42 Å². The molecule has 0 radical (unpaired) electrons. The molecule has 0 unspecified atom stereocenters. The van der Waals surface area contributed by atoms with Gasteiger partial charge in [-0.2, -0.15) is 0 Å². The average molecular weight is 881 g/mol. The third-order valence-electron chi connectivity index (χ3n) is 13.6. The monoisotopic (exact) mass is 880 g/mol. The molecule has 0 fully saturated rings. The molecule has 13 aromatic rings. The molecule has 0 spiro atoms. The molecule has 324 valence electrons. The standard InChI is InChI=1S/C66H44N2O/c1-3-15-45(16-4-1)47-27-29-48(30-28-47)50-33-39-54(40-34-50)67(53-37-31-49(32-38-53)46-17-5-2-6-18-46)64-42-36-51(43-60(64)52-35-41-59-58-22-10-14-26-65(58)69-66(59)44-52)55-19-7-11-23-61(55)68-62-24-12-8-20-56(62)57-21-9-13-25-63(57)68/h1-44H. The van der Waals surface area contributed by atoms with Gasteiger partial charge in [-0.3, -0.25) is 0 Å². The Morgan fingerprint density at radius 3 is 1.29 bits per heavy atom. The van der Waals surface area contributed by atoms with Crippen molar-refractivity contribution in [1.29, 1.82) is 0 Å². The molecule has 0 atom stereocenters. The zero-order chi connectivity index (χ0) is 45.7. The van der Waals surface area contributed by atoms with E-state index in [1.807, 2.05) is 6.07 Å². The molecule has 0 saturated carbocycles. The average Bonchev–Trinajstić information content (AvgIpc) is 3.97. The van der Waals surface area contributed by atoms with Crippen LogP contribution >= 0.6 is 0 Å². The van der Waals surface area contributed by atoms with Gasteiger partial charge in [0.25, 0.3) is 0 Å². The number of aromatic nitrogens is 1. The molecule has 0 N–H and O–H groups in total. The van der Waals surface area contributed by atoms with Crippen molar-refractivity contribution < 1.29 is 4.42 Å². The molecule has 3 nitrogen and oxygen atoms in total. The fraction of sp³-hybridized carbons (Fsp3) is 0. The van der Waals surface area contributed by atoms with Crippen LogP contribution in [0.3, 0.4) is 0 Å². The van der Waals surface area contributed by atoms with E-state index in [1.54, 1.807) is 0 Å². The number of hydrogen-bond acceptors (Lipinski definition) is 2. The van der Waals surface area contributed by atoms with Gasteiger partial charge in [-0.25, -0.2) is 0 Å². The van der Waals surface area contributed by atoms with Crippen LogP contribution in [-0.2, 0) is 0 Å². The maximum absolute atomic E-state index is 6.57. The first-order chi connectivity index (χ1) is 34.2. The molecule has 0 aliphatic carbocycles. The first-order valence-electron chi connectivity index (χ1n) is 23.6. The summed E-state index contributed by atoms with van der Waals surface area (Å²) in [6.45, 7) is 0. The summed E-state index contributed by atoms with van der Waals surface area (Å²) in [6, 6.07) is 96.2. The molecule has 13 rings (SSSR count). The Balaban J connectivity index is 0.998. The van der Waals surface area contributed by atoms with E-state index in [0.29, 0.717) is 0 Å². The fourth-order valence-electron chi connectivity index (χ4n) is 10.3. The molecule has 11 aromatic carbocycles. The summed E-state index contributed by atoms with van der Waals surface area (Å²) in [5.41, 5.74) is 19.9. The van der Waals surface area contributed by atoms with Crippen LogP contribution in [0.5, 0.6) is 0 Å². The fourth-order valence-corrected chi connectivity index (χ4v) is 10.3. The quantitative estimate of drug-likeness (QED) is 0.144. The summed E-state index contributed by atoms with van der Waals surface area (Å²) in [5, 5.41) is 4.69. The second-order valence-corrected chi connectivity index (χ2v) is 17.7. The van der Waals surface area contributed by atoms with E-state index in [2.05, 4.69) is 270 Å². The molecular weight excluding hydrogens is 837 g/mol. The van der Waals surface area contributed by atoms with Gasteiger partial charge in [-0.1, -0.05) is 194 Å². The number of nitrogens with zero attached hydrogens (tertiary/aromatic N) is 2. The lowest BCUT2D eigenvalue weighted by molar-refractivity contribution is 0.669. The largest absolute Gasteiger partial charge is 0.456 e. The van der Waals surface area contributed by atoms with Crippen molar-refractivity contribution in [3.63, 3.8) is 0 Å². The summed E-state index contributed by atoms with van der Waals surface area (Å²) >= 11 is 0. The van der Waals surface area contributed by atoms with Crippen LogP contribution in [0.25, 0.3) is 105 Å². The van der Waals surface area contributed by atoms with Gasteiger partial charge in [0.2, 0.25) is 0 Å². The van der Waals surface area contributed by atoms with E-state index in [9.17, 15) is 0 Å². The molecule has 2 aromatic heterocycles. The van der Waals surface area contributed by atoms with Crippen molar-refractivity contribution in [2.75, 3.05) is 4.90 Å². The number of furan rings is 1. The molecule has 0 amide bonds. The lowest BCUT2D eigenvalue weighted by atomic mass is 9.94. The summed E-state index contributed by atoms with van der Waals surface area (Å²) in [6.07, 6.45) is 0. The molecule has 0 aliphatic rings. The maximum atomic E-state index is 6.57. The Morgan fingerprint density at radius 1 is 0.275 bits per heavy atom. The number of para-hydroxylation sites is 4. The Morgan fingerprint density at radius 2 is 0.696 bits per heavy atom. The van der Waals surface area contributed by atoms with Crippen molar-refractivity contribution in [1.82, 2.24) is 4.57 Å². The van der Waals surface area contributed by atoms with E-state index in [0.717, 1.165) is 72.5 Å². The van der Waals surface area contributed by atoms with Gasteiger partial charge in [-0.05, 0) is 117 Å². The van der Waals surface area contributed by atoms with Crippen LogP contribution in [-0.4, -0.2) is 4.57 Å². The minimum atomic E-state index is 0.858. The number of rotatable bonds is 9. The number of benzene rings is 11. The zero-order valence-corrected chi connectivity index (χ0v) is 37.7. The summed E-state index contributed by atoms with van der Waals surface area (Å²) in [7, 11) is 0. The van der Waals surface area contributed by atoms with Crippen LogP contribution in [0, 0.1) is 0 Å². The first-order valence-corrected chi connectivity index (χ1v) is 23.6. The van der Waals surface area contributed by atoms with Gasteiger partial charge >= 0.3 is 0 Å². The Kier molecular flexibility index (Phi) is 9.84. The molecule has 3 heteroatoms. The number of hydrogen-bond donors (Lipinski definition) is 0. The van der Waals surface area contributed by atoms with E-state index >= 15 is 0 Å². The van der Waals surface area contributed by atoms with Crippen LogP contribution in [0.4, 0.5) is 17.1 Å². The summed E-state index contributed by atoms with van der Waals surface area (Å²) in [5.74, 6) is 0. The van der Waals surface area contributed by atoms with Crippen LogP contribution < -0.4 is 4.90 Å². The topological polar surface area (TPSA) is 21.3 Å². The third kappa shape index (κ3) is 7.16. The van der Waals surface area contributed by atoms with Crippen LogP contribution in [0.1, 0.15) is 0 Å². The maximum Gasteiger partial charge on any atom is 0.136 e. The van der Waals surface area contributed by atoms with Crippen molar-refractivity contribution in [2.24, 2.45) is 0 Å². The molecule has 69 heavy (non-hydrogen) atoms. The van der Waals surface area contributed by atoms with Crippen molar-refractivity contribution in [3.05, 3.63) is 267 Å². The SMILES string of the molecule is c1ccc(-c2ccc(-c3ccc(N(c4ccc(-c5ccccc5)cc4)c4ccc(-c5ccccc5-n5c6ccccc6c6ccccc65)cc4-c4ccc5c(c4)oc4ccccc45)cc3)cc2)cc1. The molecule has 0 bridgehead atoms. The molecule has 0 saturated heterocycles. The van der Waals surface area contributed by atoms with Crippen LogP contribution in [0.2, 0.25) is 0 Å². The predicted molar refractivity (Wildman–Crippen MR) is 290 cm³/mol. The highest BCUT2D eigenvalue weighted by atomic mass is 16.3. The number of anilines is 3. The lowest BCUT2D eigenvalue weighted by Crippen LogP contribution is -2.11. The minimum Gasteiger partial charge on any atom is -0.456 e. The normalized spacial score (nSPS) is 11.5. The van der Waals surface area contributed by atoms with E-state index in [1.165, 1.54) is 49.6 Å². The smallest absolute Gasteiger partial charge is 0.136 e. The third-order valence-corrected chi connectivity index (χ3v) is 13.6. The second kappa shape index (κ2) is 16.9. The number of fused-ring (bicyclic) bond motifs is 6. The highest BCUT2D eigenvalue weighted by Gasteiger charge is 2.22. The molecular formula is C66H44N2O. The Hall–Kier alpha value is -9.18. The highest BCUT2D eigenvalue weighted by molar-refractivity contribution is 6.10. The van der Waals surface area contributed by atoms with Crippen molar-refractivity contribution in [3.8, 4) is 61.3 Å². The molecule has 2 heterocycles. The Labute approximate surface area is 401 Å². The minimum absolute atomic E-state index is 0.858. The van der Waals surface area contributed by atoms with Gasteiger partial charge in [-0.15, -0.1) is 0 Å². The van der Waals surface area contributed by atoms with Crippen molar-refractivity contribution in [2.45, 2.75) is 0 Å². The lowest BCUT2D eigenvalue weighted by Gasteiger charge is -2.29. The molecule has 0 aliphatic heterocycles. The van der Waals surface area contributed by atoms with Gasteiger partial charge < -0.3 is 13.9 Å². The summed E-state index contributed by atoms with van der Waals surface area (Å²) in [4.78, 5) is 2.40. The van der Waals surface area contributed by atoms with Crippen LogP contribution in [0.15, 0.2) is 271 Å². The highest BCUT2D eigenvalue weighted by Crippen LogP contribution is 2.46. The predicted octanol–water partition coefficient (Wildman–Crippen LogP) is 18.5. The zero-order valence-electron chi connectivity index (χ0n) is 37.7. The van der Waals surface area contributed by atoms with Crippen molar-refractivity contribution >= 4 is 60.8 Å². The second-order valence-electron chi connectivity index (χ2n) is 17.7. The summed E-state index contributed by atoms with van der Waals surface area (Å²) < 4.78 is 9.00. The first kappa shape index (κ1) is 40.1. The van der Waals surface area contributed by atoms with Gasteiger partial charge in [0.05, 0.1) is 22.4 Å². The van der Waals surface area contributed by atoms with Gasteiger partial charge in [0.1, 0.15) is 11.2 Å². The van der Waals surface area contributed by atoms with E-state index in [-0.39, 0.29) is 0 Å². The van der Waals surface area contributed by atoms with Gasteiger partial charge in [0, 0.05) is 44.0 Å².